The van der Waals surface area contributed by atoms with E-state index in [9.17, 15) is 13.6 Å². The third kappa shape index (κ3) is 7.15. The summed E-state index contributed by atoms with van der Waals surface area (Å²) in [5.74, 6) is 0.0978. The summed E-state index contributed by atoms with van der Waals surface area (Å²) in [4.78, 5) is 16.1. The third-order valence-corrected chi connectivity index (χ3v) is 4.45. The van der Waals surface area contributed by atoms with E-state index in [1.54, 1.807) is 24.1 Å². The van der Waals surface area contributed by atoms with Crippen LogP contribution < -0.4 is 10.1 Å². The van der Waals surface area contributed by atoms with Gasteiger partial charge in [-0.05, 0) is 43.8 Å². The number of nitrogens with one attached hydrogen (secondary N) is 1. The number of hydrogen-bond donors (Lipinski definition) is 1. The zero-order valence-corrected chi connectivity index (χ0v) is 16.4. The number of ether oxygens (including phenoxy) is 1. The van der Waals surface area contributed by atoms with Crippen LogP contribution in [0.15, 0.2) is 54.6 Å². The average molecular weight is 391 g/mol. The first-order valence-electron chi connectivity index (χ1n) is 9.08. The van der Waals surface area contributed by atoms with Crippen LogP contribution in [0.25, 0.3) is 0 Å². The van der Waals surface area contributed by atoms with Gasteiger partial charge >= 0.3 is 12.6 Å². The molecule has 2 aromatic rings. The number of amides is 2. The normalized spacial score (nSPS) is 12.1. The molecule has 0 aliphatic carbocycles. The fourth-order valence-corrected chi connectivity index (χ4v) is 2.79. The Bertz CT molecular complexity index is 724. The van der Waals surface area contributed by atoms with Gasteiger partial charge in [0.05, 0.1) is 0 Å². The molecule has 5 nitrogen and oxygen atoms in total. The average Bonchev–Trinajstić information content (AvgIpc) is 2.66. The molecule has 0 saturated carbocycles. The van der Waals surface area contributed by atoms with Crippen LogP contribution in [-0.2, 0) is 13.0 Å². The molecule has 0 fully saturated rings. The predicted molar refractivity (Wildman–Crippen MR) is 106 cm³/mol. The van der Waals surface area contributed by atoms with Crippen LogP contribution >= 0.6 is 0 Å². The number of urea groups is 1. The van der Waals surface area contributed by atoms with E-state index in [0.717, 1.165) is 12.0 Å². The molecule has 1 unspecified atom stereocenters. The summed E-state index contributed by atoms with van der Waals surface area (Å²) in [5.41, 5.74) is 2.04. The van der Waals surface area contributed by atoms with Crippen molar-refractivity contribution in [3.63, 3.8) is 0 Å². The van der Waals surface area contributed by atoms with Gasteiger partial charge in [-0.3, -0.25) is 0 Å². The molecular formula is C21H27F2N3O2. The van der Waals surface area contributed by atoms with Crippen LogP contribution in [0.1, 0.15) is 11.1 Å². The van der Waals surface area contributed by atoms with E-state index in [0.29, 0.717) is 13.1 Å². The van der Waals surface area contributed by atoms with Gasteiger partial charge < -0.3 is 19.9 Å². The van der Waals surface area contributed by atoms with Gasteiger partial charge in [0.1, 0.15) is 5.75 Å². The van der Waals surface area contributed by atoms with E-state index in [1.807, 2.05) is 32.3 Å². The number of carbonyl (C=O) groups is 1. The van der Waals surface area contributed by atoms with Gasteiger partial charge in [0, 0.05) is 26.2 Å². The van der Waals surface area contributed by atoms with Crippen molar-refractivity contribution < 1.29 is 18.3 Å². The summed E-state index contributed by atoms with van der Waals surface area (Å²) in [6, 6.07) is 16.4. The number of alkyl halides is 2. The number of benzene rings is 2. The lowest BCUT2D eigenvalue weighted by Gasteiger charge is -2.26. The van der Waals surface area contributed by atoms with Crippen molar-refractivity contribution in [3.8, 4) is 5.75 Å². The highest BCUT2D eigenvalue weighted by molar-refractivity contribution is 5.73. The lowest BCUT2D eigenvalue weighted by atomic mass is 10.1. The van der Waals surface area contributed by atoms with Crippen LogP contribution in [0, 0.1) is 0 Å². The van der Waals surface area contributed by atoms with E-state index in [-0.39, 0.29) is 17.8 Å². The molecule has 0 spiro atoms. The molecule has 0 bridgehead atoms. The van der Waals surface area contributed by atoms with E-state index in [2.05, 4.69) is 27.1 Å². The Balaban J connectivity index is 1.85. The molecule has 0 aliphatic rings. The lowest BCUT2D eigenvalue weighted by molar-refractivity contribution is -0.0498. The van der Waals surface area contributed by atoms with Crippen molar-refractivity contribution in [2.75, 3.05) is 27.7 Å². The number of nitrogens with zero attached hydrogens (tertiary/aromatic N) is 2. The second kappa shape index (κ2) is 10.6. The molecule has 0 radical (unpaired) electrons. The summed E-state index contributed by atoms with van der Waals surface area (Å²) in [7, 11) is 5.68. The van der Waals surface area contributed by atoms with Crippen molar-refractivity contribution >= 4 is 6.03 Å². The van der Waals surface area contributed by atoms with Crippen LogP contribution in [0.5, 0.6) is 5.75 Å². The molecule has 28 heavy (non-hydrogen) atoms. The van der Waals surface area contributed by atoms with Crippen molar-refractivity contribution in [3.05, 3.63) is 65.7 Å². The molecule has 152 valence electrons. The molecule has 1 atom stereocenters. The number of likely N-dealkylation sites (N-methyl/N-ethyl adjacent to an activating group) is 1. The Morgan fingerprint density at radius 1 is 1.00 bits per heavy atom. The molecule has 7 heteroatoms. The maximum Gasteiger partial charge on any atom is 0.387 e. The first kappa shape index (κ1) is 21.6. The van der Waals surface area contributed by atoms with Crippen LogP contribution in [0.2, 0.25) is 0 Å². The summed E-state index contributed by atoms with van der Waals surface area (Å²) in [6.07, 6.45) is 0.837. The molecule has 0 heterocycles. The minimum Gasteiger partial charge on any atom is -0.435 e. The van der Waals surface area contributed by atoms with E-state index in [4.69, 9.17) is 0 Å². The maximum atomic E-state index is 12.4. The zero-order chi connectivity index (χ0) is 20.5. The number of rotatable bonds is 9. The maximum absolute atomic E-state index is 12.4. The molecular weight excluding hydrogens is 364 g/mol. The summed E-state index contributed by atoms with van der Waals surface area (Å²) >= 11 is 0. The summed E-state index contributed by atoms with van der Waals surface area (Å²) < 4.78 is 28.7. The highest BCUT2D eigenvalue weighted by atomic mass is 19.3. The third-order valence-electron chi connectivity index (χ3n) is 4.45. The fraction of sp³-hybridized carbons (Fsp3) is 0.381. The smallest absolute Gasteiger partial charge is 0.387 e. The highest BCUT2D eigenvalue weighted by Crippen LogP contribution is 2.15. The second-order valence-electron chi connectivity index (χ2n) is 6.87. The van der Waals surface area contributed by atoms with Gasteiger partial charge in [0.15, 0.2) is 0 Å². The van der Waals surface area contributed by atoms with Gasteiger partial charge in [0.25, 0.3) is 0 Å². The molecule has 2 rings (SSSR count). The first-order chi connectivity index (χ1) is 13.3. The van der Waals surface area contributed by atoms with Gasteiger partial charge in [-0.2, -0.15) is 8.78 Å². The number of halogens is 2. The minimum atomic E-state index is -2.85. The van der Waals surface area contributed by atoms with Crippen LogP contribution in [0.4, 0.5) is 13.6 Å². The Labute approximate surface area is 164 Å². The Hall–Kier alpha value is -2.67. The van der Waals surface area contributed by atoms with E-state index in [1.165, 1.54) is 17.7 Å². The molecule has 2 aromatic carbocycles. The Kier molecular flexibility index (Phi) is 8.19. The van der Waals surface area contributed by atoms with Crippen molar-refractivity contribution in [1.82, 2.24) is 15.1 Å². The monoisotopic (exact) mass is 391 g/mol. The number of carbonyl (C=O) groups excluding carboxylic acids is 1. The Morgan fingerprint density at radius 2 is 1.64 bits per heavy atom. The quantitative estimate of drug-likeness (QED) is 0.710. The summed E-state index contributed by atoms with van der Waals surface area (Å²) in [5, 5.41) is 2.96. The molecule has 0 aliphatic heterocycles. The van der Waals surface area contributed by atoms with Crippen LogP contribution in [0.3, 0.4) is 0 Å². The van der Waals surface area contributed by atoms with Crippen molar-refractivity contribution in [2.45, 2.75) is 25.6 Å². The first-order valence-corrected chi connectivity index (χ1v) is 9.08. The van der Waals surface area contributed by atoms with Crippen LogP contribution in [-0.4, -0.2) is 56.2 Å². The van der Waals surface area contributed by atoms with E-state index >= 15 is 0 Å². The predicted octanol–water partition coefficient (Wildman–Crippen LogP) is 3.60. The minimum absolute atomic E-state index is 0.0978. The zero-order valence-electron chi connectivity index (χ0n) is 16.4. The molecule has 2 amide bonds. The highest BCUT2D eigenvalue weighted by Gasteiger charge is 2.16. The molecule has 1 N–H and O–H groups in total. The molecule has 0 aromatic heterocycles. The topological polar surface area (TPSA) is 44.8 Å². The van der Waals surface area contributed by atoms with E-state index < -0.39 is 6.61 Å². The second-order valence-corrected chi connectivity index (χ2v) is 6.87. The largest absolute Gasteiger partial charge is 0.435 e. The Morgan fingerprint density at radius 3 is 2.21 bits per heavy atom. The number of hydrogen-bond acceptors (Lipinski definition) is 3. The van der Waals surface area contributed by atoms with Gasteiger partial charge in [0.2, 0.25) is 0 Å². The van der Waals surface area contributed by atoms with Gasteiger partial charge in [-0.15, -0.1) is 0 Å². The van der Waals surface area contributed by atoms with Gasteiger partial charge in [-0.1, -0.05) is 42.5 Å². The SMILES string of the molecule is CN(Cc1ccc(OC(F)F)cc1)C(=O)NCC(Cc1ccccc1)N(C)C. The fourth-order valence-electron chi connectivity index (χ4n) is 2.79. The van der Waals surface area contributed by atoms with Gasteiger partial charge in [-0.25, -0.2) is 4.79 Å². The molecule has 0 saturated heterocycles. The standard InChI is InChI=1S/C21H27F2N3O2/c1-25(2)18(13-16-7-5-4-6-8-16)14-24-21(27)26(3)15-17-9-11-19(12-10-17)28-20(22)23/h4-12,18,20H,13-15H2,1-3H3,(H,24,27). The van der Waals surface area contributed by atoms with Crippen molar-refractivity contribution in [2.24, 2.45) is 0 Å². The lowest BCUT2D eigenvalue weighted by Crippen LogP contribution is -2.45. The summed E-state index contributed by atoms with van der Waals surface area (Å²) in [6.45, 7) is -1.96. The van der Waals surface area contributed by atoms with Crippen molar-refractivity contribution in [1.29, 1.82) is 0 Å².